The molecule has 4 nitrogen and oxygen atoms in total. The Kier molecular flexibility index (Phi) is 3.10. The van der Waals surface area contributed by atoms with Crippen LogP contribution in [0.5, 0.6) is 0 Å². The number of carboxylic acids is 1. The fourth-order valence-electron chi connectivity index (χ4n) is 1.15. The van der Waals surface area contributed by atoms with Crippen molar-refractivity contribution in [3.05, 3.63) is 43.5 Å². The van der Waals surface area contributed by atoms with Crippen LogP contribution in [0.4, 0.5) is 0 Å². The van der Waals surface area contributed by atoms with Gasteiger partial charge < -0.3 is 9.52 Å². The van der Waals surface area contributed by atoms with Crippen molar-refractivity contribution in [3.8, 4) is 0 Å². The fraction of sp³-hybridized carbons (Fsp3) is 0. The van der Waals surface area contributed by atoms with Crippen molar-refractivity contribution in [2.24, 2.45) is 0 Å². The molecule has 0 aliphatic rings. The molecule has 16 heavy (non-hydrogen) atoms. The second-order valence-electron chi connectivity index (χ2n) is 2.94. The summed E-state index contributed by atoms with van der Waals surface area (Å²) in [6.45, 7) is 0. The Hall–Kier alpha value is -1.15. The van der Waals surface area contributed by atoms with Gasteiger partial charge in [0.15, 0.2) is 5.76 Å². The molecule has 0 aliphatic carbocycles. The van der Waals surface area contributed by atoms with Gasteiger partial charge in [0.25, 0.3) is 0 Å². The Labute approximate surface area is 108 Å². The molecule has 0 amide bonds. The number of thiophene rings is 1. The first kappa shape index (κ1) is 11.3. The van der Waals surface area contributed by atoms with E-state index in [0.29, 0.717) is 5.56 Å². The molecule has 82 valence electrons. The highest BCUT2D eigenvalue weighted by molar-refractivity contribution is 14.1. The molecular formula is C10H5IO4S. The standard InChI is InChI=1S/C10H5IO4S/c11-8-3-5(4-16-8)9(12)6-1-2-7(15-6)10(13)14/h1-4H,(H,13,14). The van der Waals surface area contributed by atoms with E-state index >= 15 is 0 Å². The van der Waals surface area contributed by atoms with Gasteiger partial charge in [-0.2, -0.15) is 0 Å². The molecule has 0 aromatic carbocycles. The van der Waals surface area contributed by atoms with Crippen LogP contribution in [-0.2, 0) is 0 Å². The molecule has 6 heteroatoms. The zero-order chi connectivity index (χ0) is 11.7. The third-order valence-electron chi connectivity index (χ3n) is 1.87. The summed E-state index contributed by atoms with van der Waals surface area (Å²) in [4.78, 5) is 22.4. The summed E-state index contributed by atoms with van der Waals surface area (Å²) in [7, 11) is 0. The average molecular weight is 348 g/mol. The van der Waals surface area contributed by atoms with Crippen molar-refractivity contribution in [2.45, 2.75) is 0 Å². The van der Waals surface area contributed by atoms with Crippen LogP contribution in [0.15, 0.2) is 28.0 Å². The van der Waals surface area contributed by atoms with E-state index < -0.39 is 5.97 Å². The Balaban J connectivity index is 2.30. The van der Waals surface area contributed by atoms with Crippen LogP contribution in [0, 0.1) is 2.88 Å². The number of ketones is 1. The minimum Gasteiger partial charge on any atom is -0.475 e. The Morgan fingerprint density at radius 2 is 2.00 bits per heavy atom. The minimum absolute atomic E-state index is 0.0478. The zero-order valence-electron chi connectivity index (χ0n) is 7.77. The minimum atomic E-state index is -1.18. The number of furan rings is 1. The monoisotopic (exact) mass is 348 g/mol. The number of carboxylic acid groups (broad SMARTS) is 1. The lowest BCUT2D eigenvalue weighted by Gasteiger charge is -1.91. The highest BCUT2D eigenvalue weighted by Crippen LogP contribution is 2.20. The van der Waals surface area contributed by atoms with Gasteiger partial charge in [-0.15, -0.1) is 11.3 Å². The molecule has 0 saturated carbocycles. The lowest BCUT2D eigenvalue weighted by molar-refractivity contribution is 0.0660. The molecule has 0 aliphatic heterocycles. The summed E-state index contributed by atoms with van der Waals surface area (Å²) in [6, 6.07) is 4.37. The second-order valence-corrected chi connectivity index (χ2v) is 5.74. The number of hydrogen-bond donors (Lipinski definition) is 1. The molecule has 1 N–H and O–H groups in total. The SMILES string of the molecule is O=C(O)c1ccc(C(=O)c2csc(I)c2)o1. The number of aromatic carboxylic acids is 1. The van der Waals surface area contributed by atoms with E-state index in [1.54, 1.807) is 11.4 Å². The van der Waals surface area contributed by atoms with Crippen molar-refractivity contribution >= 4 is 45.7 Å². The van der Waals surface area contributed by atoms with Crippen molar-refractivity contribution in [1.29, 1.82) is 0 Å². The Morgan fingerprint density at radius 1 is 1.31 bits per heavy atom. The normalized spacial score (nSPS) is 10.3. The van der Waals surface area contributed by atoms with Gasteiger partial charge in [0.05, 0.1) is 2.88 Å². The van der Waals surface area contributed by atoms with Crippen LogP contribution in [-0.4, -0.2) is 16.9 Å². The molecule has 0 saturated heterocycles. The fourth-order valence-corrected chi connectivity index (χ4v) is 2.47. The van der Waals surface area contributed by atoms with Crippen LogP contribution in [0.1, 0.15) is 26.7 Å². The third kappa shape index (κ3) is 2.17. The highest BCUT2D eigenvalue weighted by atomic mass is 127. The van der Waals surface area contributed by atoms with Gasteiger partial charge in [0.1, 0.15) is 0 Å². The lowest BCUT2D eigenvalue weighted by Crippen LogP contribution is -1.98. The van der Waals surface area contributed by atoms with E-state index in [9.17, 15) is 9.59 Å². The van der Waals surface area contributed by atoms with E-state index in [-0.39, 0.29) is 17.3 Å². The Bertz CT molecular complexity index is 555. The summed E-state index contributed by atoms with van der Waals surface area (Å²) in [5, 5.41) is 10.4. The predicted octanol–water partition coefficient (Wildman–Crippen LogP) is 2.87. The molecule has 2 aromatic rings. The van der Waals surface area contributed by atoms with Gasteiger partial charge >= 0.3 is 5.97 Å². The number of halogens is 1. The molecule has 0 fully saturated rings. The van der Waals surface area contributed by atoms with Crippen molar-refractivity contribution in [3.63, 3.8) is 0 Å². The van der Waals surface area contributed by atoms with Gasteiger partial charge in [0.2, 0.25) is 11.5 Å². The van der Waals surface area contributed by atoms with Crippen molar-refractivity contribution in [1.82, 2.24) is 0 Å². The number of carbonyl (C=O) groups is 2. The predicted molar refractivity (Wildman–Crippen MR) is 66.1 cm³/mol. The molecule has 0 unspecified atom stereocenters. The first-order chi connectivity index (χ1) is 7.58. The first-order valence-corrected chi connectivity index (χ1v) is 6.15. The maximum Gasteiger partial charge on any atom is 0.371 e. The summed E-state index contributed by atoms with van der Waals surface area (Å²) < 4.78 is 5.92. The van der Waals surface area contributed by atoms with Gasteiger partial charge in [-0.3, -0.25) is 4.79 Å². The third-order valence-corrected chi connectivity index (χ3v) is 3.66. The number of carbonyl (C=O) groups excluding carboxylic acids is 1. The molecule has 2 rings (SSSR count). The molecule has 0 atom stereocenters. The molecular weight excluding hydrogens is 343 g/mol. The number of rotatable bonds is 3. The van der Waals surface area contributed by atoms with Crippen molar-refractivity contribution in [2.75, 3.05) is 0 Å². The van der Waals surface area contributed by atoms with Gasteiger partial charge in [0, 0.05) is 10.9 Å². The maximum absolute atomic E-state index is 11.8. The van der Waals surface area contributed by atoms with Gasteiger partial charge in [-0.1, -0.05) is 0 Å². The van der Waals surface area contributed by atoms with E-state index in [4.69, 9.17) is 9.52 Å². The topological polar surface area (TPSA) is 67.5 Å². The molecule has 0 radical (unpaired) electrons. The van der Waals surface area contributed by atoms with E-state index in [2.05, 4.69) is 22.6 Å². The summed E-state index contributed by atoms with van der Waals surface area (Å²) in [5.41, 5.74) is 0.515. The van der Waals surface area contributed by atoms with Crippen LogP contribution in [0.3, 0.4) is 0 Å². The smallest absolute Gasteiger partial charge is 0.371 e. The summed E-state index contributed by atoms with van der Waals surface area (Å²) in [5.74, 6) is -1.66. The van der Waals surface area contributed by atoms with Gasteiger partial charge in [-0.25, -0.2) is 4.79 Å². The molecule has 2 heterocycles. The van der Waals surface area contributed by atoms with Crippen molar-refractivity contribution < 1.29 is 19.1 Å². The van der Waals surface area contributed by atoms with Crippen LogP contribution < -0.4 is 0 Å². The first-order valence-electron chi connectivity index (χ1n) is 4.20. The largest absolute Gasteiger partial charge is 0.475 e. The zero-order valence-corrected chi connectivity index (χ0v) is 10.7. The van der Waals surface area contributed by atoms with E-state index in [0.717, 1.165) is 2.88 Å². The summed E-state index contributed by atoms with van der Waals surface area (Å²) >= 11 is 3.56. The Morgan fingerprint density at radius 3 is 2.50 bits per heavy atom. The molecule has 0 spiro atoms. The van der Waals surface area contributed by atoms with Gasteiger partial charge in [-0.05, 0) is 40.8 Å². The van der Waals surface area contributed by atoms with Crippen LogP contribution in [0.2, 0.25) is 0 Å². The quantitative estimate of drug-likeness (QED) is 0.684. The highest BCUT2D eigenvalue weighted by Gasteiger charge is 2.17. The molecule has 0 bridgehead atoms. The average Bonchev–Trinajstić information content (AvgIpc) is 2.84. The van der Waals surface area contributed by atoms with Crippen LogP contribution >= 0.6 is 33.9 Å². The van der Waals surface area contributed by atoms with E-state index in [1.807, 2.05) is 0 Å². The number of hydrogen-bond acceptors (Lipinski definition) is 4. The lowest BCUT2D eigenvalue weighted by atomic mass is 10.2. The molecule has 2 aromatic heterocycles. The second kappa shape index (κ2) is 4.38. The maximum atomic E-state index is 11.8. The summed E-state index contributed by atoms with van der Waals surface area (Å²) in [6.07, 6.45) is 0. The van der Waals surface area contributed by atoms with E-state index in [1.165, 1.54) is 23.5 Å². The van der Waals surface area contributed by atoms with Crippen LogP contribution in [0.25, 0.3) is 0 Å².